The molecular weight excluding hydrogens is 98.1 g/mol. The van der Waals surface area contributed by atoms with E-state index in [1.54, 1.807) is 18.5 Å². The summed E-state index contributed by atoms with van der Waals surface area (Å²) in [4.78, 5) is 3.88. The van der Waals surface area contributed by atoms with Crippen LogP contribution < -0.4 is 0 Å². The Bertz CT molecular complexity index is 116. The molecule has 0 saturated heterocycles. The fraction of sp³-hybridized carbons (Fsp3) is 0.286. The van der Waals surface area contributed by atoms with E-state index in [4.69, 9.17) is 0 Å². The largest absolute Gasteiger partial charge is 0.265 e. The van der Waals surface area contributed by atoms with Crippen LogP contribution >= 0.6 is 0 Å². The third kappa shape index (κ3) is 5.15. The first kappa shape index (κ1) is 7.15. The summed E-state index contributed by atoms with van der Waals surface area (Å²) >= 11 is 0. The Balaban J connectivity index is 3.57. The summed E-state index contributed by atoms with van der Waals surface area (Å²) in [6.07, 6.45) is 5.11. The van der Waals surface area contributed by atoms with Gasteiger partial charge in [0.25, 0.3) is 0 Å². The molecule has 0 heterocycles. The van der Waals surface area contributed by atoms with E-state index in [2.05, 4.69) is 11.6 Å². The second kappa shape index (κ2) is 4.31. The van der Waals surface area contributed by atoms with Gasteiger partial charge >= 0.3 is 0 Å². The molecule has 0 aliphatic heterocycles. The smallest absolute Gasteiger partial charge is 0.0261 e. The van der Waals surface area contributed by atoms with Crippen molar-refractivity contribution < 1.29 is 0 Å². The first-order valence-corrected chi connectivity index (χ1v) is 2.55. The lowest BCUT2D eigenvalue weighted by atomic mass is 10.4. The standard InChI is InChI=1S/C7H11N/c1-4-5-8-6-7(2)3/h4-6H,1H2,2-3H3/b8-5-. The van der Waals surface area contributed by atoms with Gasteiger partial charge in [-0.1, -0.05) is 18.2 Å². The third-order valence-corrected chi connectivity index (χ3v) is 0.524. The van der Waals surface area contributed by atoms with E-state index in [1.807, 2.05) is 13.8 Å². The molecule has 0 N–H and O–H groups in total. The molecule has 0 radical (unpaired) electrons. The highest BCUT2D eigenvalue weighted by atomic mass is 14.7. The Labute approximate surface area is 50.4 Å². The second-order valence-electron chi connectivity index (χ2n) is 1.74. The van der Waals surface area contributed by atoms with Gasteiger partial charge in [-0.25, -0.2) is 0 Å². The maximum atomic E-state index is 3.88. The highest BCUT2D eigenvalue weighted by molar-refractivity contribution is 5.70. The van der Waals surface area contributed by atoms with Gasteiger partial charge in [-0.05, 0) is 13.8 Å². The molecule has 0 aromatic rings. The molecule has 0 unspecified atom stereocenters. The van der Waals surface area contributed by atoms with Crippen LogP contribution in [0.2, 0.25) is 0 Å². The van der Waals surface area contributed by atoms with E-state index in [-0.39, 0.29) is 0 Å². The molecular formula is C7H11N. The molecule has 1 heteroatoms. The van der Waals surface area contributed by atoms with E-state index < -0.39 is 0 Å². The zero-order chi connectivity index (χ0) is 6.41. The Kier molecular flexibility index (Phi) is 3.85. The number of hydrogen-bond acceptors (Lipinski definition) is 1. The number of aliphatic imine (C=N–C) groups is 1. The van der Waals surface area contributed by atoms with Gasteiger partial charge in [0.05, 0.1) is 0 Å². The summed E-state index contributed by atoms with van der Waals surface area (Å²) in [5.74, 6) is 0. The van der Waals surface area contributed by atoms with E-state index in [9.17, 15) is 0 Å². The third-order valence-electron chi connectivity index (χ3n) is 0.524. The zero-order valence-corrected chi connectivity index (χ0v) is 5.39. The molecule has 44 valence electrons. The summed E-state index contributed by atoms with van der Waals surface area (Å²) in [5, 5.41) is 0. The number of nitrogens with zero attached hydrogens (tertiary/aromatic N) is 1. The molecule has 0 atom stereocenters. The van der Waals surface area contributed by atoms with Crippen LogP contribution in [-0.2, 0) is 0 Å². The van der Waals surface area contributed by atoms with E-state index in [1.165, 1.54) is 5.57 Å². The van der Waals surface area contributed by atoms with Crippen molar-refractivity contribution in [2.45, 2.75) is 13.8 Å². The quantitative estimate of drug-likeness (QED) is 0.482. The normalized spacial score (nSPS) is 9.25. The van der Waals surface area contributed by atoms with Crippen molar-refractivity contribution >= 4 is 6.21 Å². The summed E-state index contributed by atoms with van der Waals surface area (Å²) in [6.45, 7) is 7.48. The number of hydrogen-bond donors (Lipinski definition) is 0. The Morgan fingerprint density at radius 1 is 1.50 bits per heavy atom. The summed E-state index contributed by atoms with van der Waals surface area (Å²) in [7, 11) is 0. The van der Waals surface area contributed by atoms with Crippen molar-refractivity contribution in [3.8, 4) is 0 Å². The van der Waals surface area contributed by atoms with Gasteiger partial charge < -0.3 is 0 Å². The molecule has 1 nitrogen and oxygen atoms in total. The maximum absolute atomic E-state index is 3.88. The predicted octanol–water partition coefficient (Wildman–Crippen LogP) is 2.17. The van der Waals surface area contributed by atoms with Gasteiger partial charge in [0.2, 0.25) is 0 Å². The van der Waals surface area contributed by atoms with Crippen LogP contribution in [0, 0.1) is 0 Å². The van der Waals surface area contributed by atoms with Crippen LogP contribution in [-0.4, -0.2) is 6.21 Å². The van der Waals surface area contributed by atoms with Crippen molar-refractivity contribution in [2.75, 3.05) is 0 Å². The fourth-order valence-corrected chi connectivity index (χ4v) is 0.253. The lowest BCUT2D eigenvalue weighted by Crippen LogP contribution is -1.61. The van der Waals surface area contributed by atoms with Crippen LogP contribution in [0.4, 0.5) is 0 Å². The van der Waals surface area contributed by atoms with E-state index >= 15 is 0 Å². The minimum atomic E-state index is 1.20. The van der Waals surface area contributed by atoms with Crippen LogP contribution in [0.15, 0.2) is 29.4 Å². The molecule has 0 spiro atoms. The van der Waals surface area contributed by atoms with Crippen molar-refractivity contribution in [1.82, 2.24) is 0 Å². The van der Waals surface area contributed by atoms with Gasteiger partial charge in [0.15, 0.2) is 0 Å². The van der Waals surface area contributed by atoms with E-state index in [0.717, 1.165) is 0 Å². The summed E-state index contributed by atoms with van der Waals surface area (Å²) in [5.41, 5.74) is 1.20. The molecule has 0 aromatic heterocycles. The Morgan fingerprint density at radius 3 is 2.50 bits per heavy atom. The molecule has 0 fully saturated rings. The molecule has 0 rings (SSSR count). The van der Waals surface area contributed by atoms with Crippen LogP contribution in [0.25, 0.3) is 0 Å². The lowest BCUT2D eigenvalue weighted by molar-refractivity contribution is 1.34. The van der Waals surface area contributed by atoms with Gasteiger partial charge in [0, 0.05) is 12.4 Å². The molecule has 0 amide bonds. The molecule has 8 heavy (non-hydrogen) atoms. The molecule has 0 aliphatic carbocycles. The fourth-order valence-electron chi connectivity index (χ4n) is 0.253. The lowest BCUT2D eigenvalue weighted by Gasteiger charge is -1.78. The average Bonchev–Trinajstić information content (AvgIpc) is 1.66. The molecule has 0 bridgehead atoms. The minimum absolute atomic E-state index is 1.20. The topological polar surface area (TPSA) is 12.4 Å². The number of rotatable bonds is 2. The molecule has 0 saturated carbocycles. The van der Waals surface area contributed by atoms with Crippen LogP contribution in [0.5, 0.6) is 0 Å². The highest BCUT2D eigenvalue weighted by Crippen LogP contribution is 1.86. The average molecular weight is 109 g/mol. The minimum Gasteiger partial charge on any atom is -0.265 e. The molecule has 0 aliphatic rings. The van der Waals surface area contributed by atoms with Crippen LogP contribution in [0.3, 0.4) is 0 Å². The first-order chi connectivity index (χ1) is 3.77. The second-order valence-corrected chi connectivity index (χ2v) is 1.74. The summed E-state index contributed by atoms with van der Waals surface area (Å²) in [6, 6.07) is 0. The SMILES string of the molecule is C=C/C=N\C=C(C)C. The van der Waals surface area contributed by atoms with Gasteiger partial charge in [0.1, 0.15) is 0 Å². The first-order valence-electron chi connectivity index (χ1n) is 2.55. The highest BCUT2D eigenvalue weighted by Gasteiger charge is 1.66. The monoisotopic (exact) mass is 109 g/mol. The van der Waals surface area contributed by atoms with Crippen molar-refractivity contribution in [3.05, 3.63) is 24.4 Å². The van der Waals surface area contributed by atoms with Crippen LogP contribution in [0.1, 0.15) is 13.8 Å². The van der Waals surface area contributed by atoms with E-state index in [0.29, 0.717) is 0 Å². The maximum Gasteiger partial charge on any atom is 0.0261 e. The summed E-state index contributed by atoms with van der Waals surface area (Å²) < 4.78 is 0. The zero-order valence-electron chi connectivity index (χ0n) is 5.39. The Morgan fingerprint density at radius 2 is 2.12 bits per heavy atom. The predicted molar refractivity (Wildman–Crippen MR) is 38.1 cm³/mol. The molecule has 0 aromatic carbocycles. The van der Waals surface area contributed by atoms with Gasteiger partial charge in [-0.2, -0.15) is 0 Å². The van der Waals surface area contributed by atoms with Crippen molar-refractivity contribution in [2.24, 2.45) is 4.99 Å². The van der Waals surface area contributed by atoms with Crippen molar-refractivity contribution in [3.63, 3.8) is 0 Å². The Hall–Kier alpha value is -0.850. The number of allylic oxidation sites excluding steroid dienone is 2. The van der Waals surface area contributed by atoms with Gasteiger partial charge in [-0.3, -0.25) is 4.99 Å². The van der Waals surface area contributed by atoms with Gasteiger partial charge in [-0.15, -0.1) is 0 Å². The van der Waals surface area contributed by atoms with Crippen molar-refractivity contribution in [1.29, 1.82) is 0 Å².